The molecule has 1 aromatic carbocycles. The standard InChI is InChI=1S/C23H37BClN3O3/c1-22(2,13-24)21(30)23(3,4)14-28-8-6-15(7-9-28)12-27-20(29)16-10-17(25)18(26)11-19(16)31-5/h10-11,15,21,30H,6-9,12-14,26H2,1-5H3,(H,27,29). The monoisotopic (exact) mass is 449 g/mol. The van der Waals surface area contributed by atoms with Gasteiger partial charge in [-0.1, -0.05) is 45.6 Å². The van der Waals surface area contributed by atoms with Gasteiger partial charge in [-0.15, -0.1) is 0 Å². The molecular weight excluding hydrogens is 413 g/mol. The molecule has 2 radical (unpaired) electrons. The lowest BCUT2D eigenvalue weighted by Gasteiger charge is -2.44. The van der Waals surface area contributed by atoms with Gasteiger partial charge in [0.1, 0.15) is 5.75 Å². The van der Waals surface area contributed by atoms with E-state index in [2.05, 4.69) is 24.1 Å². The van der Waals surface area contributed by atoms with E-state index in [-0.39, 0.29) is 16.7 Å². The topological polar surface area (TPSA) is 87.8 Å². The lowest BCUT2D eigenvalue weighted by Crippen LogP contribution is -2.50. The number of ether oxygens (including phenoxy) is 1. The van der Waals surface area contributed by atoms with Gasteiger partial charge < -0.3 is 25.8 Å². The maximum atomic E-state index is 12.6. The Morgan fingerprint density at radius 2 is 1.94 bits per heavy atom. The number of piperidine rings is 1. The summed E-state index contributed by atoms with van der Waals surface area (Å²) in [6, 6.07) is 3.11. The van der Waals surface area contributed by atoms with Gasteiger partial charge in [-0.3, -0.25) is 4.79 Å². The zero-order valence-electron chi connectivity index (χ0n) is 19.5. The summed E-state index contributed by atoms with van der Waals surface area (Å²) in [4.78, 5) is 15.0. The van der Waals surface area contributed by atoms with Gasteiger partial charge in [0.2, 0.25) is 0 Å². The summed E-state index contributed by atoms with van der Waals surface area (Å²) in [6.45, 7) is 11.5. The molecule has 1 saturated heterocycles. The van der Waals surface area contributed by atoms with E-state index < -0.39 is 6.10 Å². The van der Waals surface area contributed by atoms with Crippen molar-refractivity contribution in [2.24, 2.45) is 16.7 Å². The molecule has 1 aliphatic rings. The minimum Gasteiger partial charge on any atom is -0.496 e. The highest BCUT2D eigenvalue weighted by Gasteiger charge is 2.39. The number of methoxy groups -OCH3 is 1. The zero-order valence-corrected chi connectivity index (χ0v) is 20.3. The molecule has 0 spiro atoms. The lowest BCUT2D eigenvalue weighted by atomic mass is 9.66. The number of likely N-dealkylation sites (tertiary alicyclic amines) is 1. The number of halogens is 1. The minimum atomic E-state index is -0.483. The molecule has 1 aromatic rings. The molecule has 1 aliphatic heterocycles. The van der Waals surface area contributed by atoms with Crippen molar-refractivity contribution in [3.63, 3.8) is 0 Å². The first-order valence-corrected chi connectivity index (χ1v) is 11.3. The third kappa shape index (κ3) is 6.53. The fraction of sp³-hybridized carbons (Fsp3) is 0.696. The number of benzene rings is 1. The molecule has 2 rings (SSSR count). The number of hydrogen-bond donors (Lipinski definition) is 3. The van der Waals surface area contributed by atoms with Gasteiger partial charge in [0, 0.05) is 24.6 Å². The Morgan fingerprint density at radius 1 is 1.32 bits per heavy atom. The molecule has 1 atom stereocenters. The van der Waals surface area contributed by atoms with Crippen LogP contribution in [0.1, 0.15) is 50.9 Å². The van der Waals surface area contributed by atoms with Crippen molar-refractivity contribution in [3.05, 3.63) is 22.7 Å². The van der Waals surface area contributed by atoms with E-state index in [1.54, 1.807) is 12.1 Å². The fourth-order valence-corrected chi connectivity index (χ4v) is 4.59. The summed E-state index contributed by atoms with van der Waals surface area (Å²) in [5.74, 6) is 0.605. The molecule has 0 saturated carbocycles. The maximum Gasteiger partial charge on any atom is 0.255 e. The van der Waals surface area contributed by atoms with Crippen LogP contribution in [0.2, 0.25) is 11.3 Å². The number of carbonyl (C=O) groups is 1. The zero-order chi connectivity index (χ0) is 23.4. The molecule has 1 amide bonds. The number of nitrogens with two attached hydrogens (primary N) is 1. The summed E-state index contributed by atoms with van der Waals surface area (Å²) in [5.41, 5.74) is 5.98. The molecule has 0 aromatic heterocycles. The first-order chi connectivity index (χ1) is 14.4. The Bertz CT molecular complexity index is 765. The smallest absolute Gasteiger partial charge is 0.255 e. The van der Waals surface area contributed by atoms with Crippen molar-refractivity contribution >= 4 is 31.0 Å². The molecule has 0 aliphatic carbocycles. The van der Waals surface area contributed by atoms with Crippen LogP contribution in [0.15, 0.2) is 12.1 Å². The Hall–Kier alpha value is -1.44. The average molecular weight is 450 g/mol. The normalized spacial score (nSPS) is 17.4. The van der Waals surface area contributed by atoms with Crippen LogP contribution in [-0.2, 0) is 0 Å². The molecule has 8 heteroatoms. The molecular formula is C23H37BClN3O3. The van der Waals surface area contributed by atoms with Crippen LogP contribution in [0.5, 0.6) is 5.75 Å². The van der Waals surface area contributed by atoms with Crippen molar-refractivity contribution in [2.75, 3.05) is 39.0 Å². The van der Waals surface area contributed by atoms with Gasteiger partial charge >= 0.3 is 0 Å². The van der Waals surface area contributed by atoms with Gasteiger partial charge in [-0.25, -0.2) is 0 Å². The van der Waals surface area contributed by atoms with Gasteiger partial charge in [0.05, 0.1) is 37.3 Å². The molecule has 0 bridgehead atoms. The largest absolute Gasteiger partial charge is 0.496 e. The summed E-state index contributed by atoms with van der Waals surface area (Å²) < 4.78 is 5.27. The van der Waals surface area contributed by atoms with E-state index in [1.807, 2.05) is 13.8 Å². The number of nitrogen functional groups attached to an aromatic ring is 1. The first-order valence-electron chi connectivity index (χ1n) is 10.9. The van der Waals surface area contributed by atoms with Crippen LogP contribution in [0.25, 0.3) is 0 Å². The van der Waals surface area contributed by atoms with Crippen LogP contribution in [0.4, 0.5) is 5.69 Å². The molecule has 4 N–H and O–H groups in total. The number of rotatable bonds is 9. The van der Waals surface area contributed by atoms with Crippen LogP contribution >= 0.6 is 11.6 Å². The van der Waals surface area contributed by atoms with E-state index in [4.69, 9.17) is 29.9 Å². The van der Waals surface area contributed by atoms with Gasteiger partial charge in [0.15, 0.2) is 0 Å². The Balaban J connectivity index is 1.86. The molecule has 1 unspecified atom stereocenters. The number of nitrogens with zero attached hydrogens (tertiary/aromatic N) is 1. The van der Waals surface area contributed by atoms with Crippen molar-refractivity contribution in [1.82, 2.24) is 10.2 Å². The fourth-order valence-electron chi connectivity index (χ4n) is 4.43. The quantitative estimate of drug-likeness (QED) is 0.397. The second kappa shape index (κ2) is 10.5. The number of anilines is 1. The van der Waals surface area contributed by atoms with Crippen LogP contribution in [0, 0.1) is 16.7 Å². The van der Waals surface area contributed by atoms with Crippen molar-refractivity contribution in [1.29, 1.82) is 0 Å². The van der Waals surface area contributed by atoms with Crippen LogP contribution < -0.4 is 15.8 Å². The third-order valence-electron chi connectivity index (χ3n) is 6.46. The Kier molecular flexibility index (Phi) is 8.71. The van der Waals surface area contributed by atoms with E-state index in [0.29, 0.717) is 40.8 Å². The highest BCUT2D eigenvalue weighted by Crippen LogP contribution is 2.37. The van der Waals surface area contributed by atoms with E-state index in [0.717, 1.165) is 32.5 Å². The predicted molar refractivity (Wildman–Crippen MR) is 128 cm³/mol. The second-order valence-electron chi connectivity index (χ2n) is 10.1. The van der Waals surface area contributed by atoms with E-state index in [1.165, 1.54) is 7.11 Å². The summed E-state index contributed by atoms with van der Waals surface area (Å²) >= 11 is 6.07. The lowest BCUT2D eigenvalue weighted by molar-refractivity contribution is -0.0506. The molecule has 172 valence electrons. The number of aliphatic hydroxyl groups excluding tert-OH is 1. The van der Waals surface area contributed by atoms with E-state index >= 15 is 0 Å². The third-order valence-corrected chi connectivity index (χ3v) is 6.79. The van der Waals surface area contributed by atoms with Crippen molar-refractivity contribution < 1.29 is 14.6 Å². The molecule has 31 heavy (non-hydrogen) atoms. The highest BCUT2D eigenvalue weighted by molar-refractivity contribution is 6.33. The predicted octanol–water partition coefficient (Wildman–Crippen LogP) is 3.37. The first kappa shape index (κ1) is 25.8. The minimum absolute atomic E-state index is 0.213. The summed E-state index contributed by atoms with van der Waals surface area (Å²) in [6.07, 6.45) is 1.95. The number of amides is 1. The maximum absolute atomic E-state index is 12.6. The summed E-state index contributed by atoms with van der Waals surface area (Å²) in [5, 5.41) is 14.2. The number of hydrogen-bond acceptors (Lipinski definition) is 5. The summed E-state index contributed by atoms with van der Waals surface area (Å²) in [7, 11) is 7.36. The number of carbonyl (C=O) groups excluding carboxylic acids is 1. The van der Waals surface area contributed by atoms with E-state index in [9.17, 15) is 9.90 Å². The van der Waals surface area contributed by atoms with Gasteiger partial charge in [0.25, 0.3) is 5.91 Å². The Labute approximate surface area is 193 Å². The second-order valence-corrected chi connectivity index (χ2v) is 10.5. The average Bonchev–Trinajstić information content (AvgIpc) is 2.73. The Morgan fingerprint density at radius 3 is 2.48 bits per heavy atom. The van der Waals surface area contributed by atoms with Gasteiger partial charge in [-0.2, -0.15) is 0 Å². The van der Waals surface area contributed by atoms with Crippen LogP contribution in [-0.4, -0.2) is 63.2 Å². The number of nitrogens with one attached hydrogen (secondary N) is 1. The van der Waals surface area contributed by atoms with Crippen LogP contribution in [0.3, 0.4) is 0 Å². The molecule has 1 heterocycles. The SMILES string of the molecule is [B]CC(C)(C)C(O)C(C)(C)CN1CCC(CNC(=O)c2cc(Cl)c(N)cc2OC)CC1. The molecule has 6 nitrogen and oxygen atoms in total. The highest BCUT2D eigenvalue weighted by atomic mass is 35.5. The number of aliphatic hydroxyl groups is 1. The van der Waals surface area contributed by atoms with Crippen molar-refractivity contribution in [2.45, 2.75) is 53.0 Å². The molecule has 1 fully saturated rings. The van der Waals surface area contributed by atoms with Gasteiger partial charge in [-0.05, 0) is 43.3 Å². The van der Waals surface area contributed by atoms with Crippen molar-refractivity contribution in [3.8, 4) is 5.75 Å².